The number of carbonyl (C=O) groups is 3. The van der Waals surface area contributed by atoms with Crippen LogP contribution in [0, 0.1) is 5.92 Å². The summed E-state index contributed by atoms with van der Waals surface area (Å²) in [5.74, 6) is 0.198. The van der Waals surface area contributed by atoms with Gasteiger partial charge in [0.15, 0.2) is 0 Å². The van der Waals surface area contributed by atoms with Crippen molar-refractivity contribution in [1.82, 2.24) is 21.3 Å². The van der Waals surface area contributed by atoms with Gasteiger partial charge in [0.05, 0.1) is 6.04 Å². The lowest BCUT2D eigenvalue weighted by Crippen LogP contribution is -2.56. The lowest BCUT2D eigenvalue weighted by molar-refractivity contribution is -0.132. The summed E-state index contributed by atoms with van der Waals surface area (Å²) in [7, 11) is 0. The Hall–Kier alpha value is -3.39. The SMILES string of the molecule is CC(C)C[C@@H]1NCCOc2ccccc2CCCNC(=O)[C@H](Cc2ccccc2)NC(=O)[C@@H](C)NC1=O. The molecule has 0 saturated carbocycles. The minimum atomic E-state index is -0.794. The molecule has 37 heavy (non-hydrogen) atoms. The summed E-state index contributed by atoms with van der Waals surface area (Å²) in [5, 5.41) is 11.9. The summed E-state index contributed by atoms with van der Waals surface area (Å²) in [6.45, 7) is 7.11. The van der Waals surface area contributed by atoms with Crippen molar-refractivity contribution in [3.05, 3.63) is 65.7 Å². The fourth-order valence-corrected chi connectivity index (χ4v) is 4.35. The van der Waals surface area contributed by atoms with Gasteiger partial charge in [0.1, 0.15) is 24.4 Å². The van der Waals surface area contributed by atoms with Crippen molar-refractivity contribution in [2.45, 2.75) is 64.6 Å². The van der Waals surface area contributed by atoms with Crippen LogP contribution < -0.4 is 26.0 Å². The van der Waals surface area contributed by atoms with E-state index in [1.54, 1.807) is 6.92 Å². The molecule has 3 amide bonds. The van der Waals surface area contributed by atoms with Crippen LogP contribution in [0.4, 0.5) is 0 Å². The van der Waals surface area contributed by atoms with Gasteiger partial charge in [-0.05, 0) is 49.3 Å². The number of hydrogen-bond donors (Lipinski definition) is 4. The van der Waals surface area contributed by atoms with Crippen LogP contribution in [0.15, 0.2) is 54.6 Å². The van der Waals surface area contributed by atoms with E-state index in [4.69, 9.17) is 4.74 Å². The summed E-state index contributed by atoms with van der Waals surface area (Å²) in [4.78, 5) is 39.2. The topological polar surface area (TPSA) is 109 Å². The molecule has 2 aromatic rings. The molecule has 0 aromatic heterocycles. The van der Waals surface area contributed by atoms with Crippen molar-refractivity contribution in [2.75, 3.05) is 19.7 Å². The molecule has 4 N–H and O–H groups in total. The van der Waals surface area contributed by atoms with E-state index in [2.05, 4.69) is 35.1 Å². The zero-order valence-electron chi connectivity index (χ0n) is 22.1. The third kappa shape index (κ3) is 9.21. The maximum atomic E-state index is 13.1. The monoisotopic (exact) mass is 508 g/mol. The zero-order chi connectivity index (χ0) is 26.6. The molecule has 1 aliphatic rings. The van der Waals surface area contributed by atoms with Crippen LogP contribution in [0.25, 0.3) is 0 Å². The van der Waals surface area contributed by atoms with Crippen LogP contribution in [-0.2, 0) is 27.2 Å². The van der Waals surface area contributed by atoms with E-state index in [1.165, 1.54) is 0 Å². The minimum absolute atomic E-state index is 0.248. The van der Waals surface area contributed by atoms with Gasteiger partial charge in [0, 0.05) is 19.5 Å². The first-order valence-corrected chi connectivity index (χ1v) is 13.2. The molecular weight excluding hydrogens is 468 g/mol. The lowest BCUT2D eigenvalue weighted by Gasteiger charge is -2.25. The van der Waals surface area contributed by atoms with Gasteiger partial charge in [-0.3, -0.25) is 14.4 Å². The Balaban J connectivity index is 1.79. The average molecular weight is 509 g/mol. The normalized spacial score (nSPS) is 22.5. The van der Waals surface area contributed by atoms with Gasteiger partial charge in [-0.25, -0.2) is 0 Å². The molecule has 0 aliphatic carbocycles. The van der Waals surface area contributed by atoms with Crippen molar-refractivity contribution in [3.63, 3.8) is 0 Å². The van der Waals surface area contributed by atoms with Gasteiger partial charge in [0.25, 0.3) is 0 Å². The highest BCUT2D eigenvalue weighted by Crippen LogP contribution is 2.19. The van der Waals surface area contributed by atoms with E-state index in [1.807, 2.05) is 54.6 Å². The van der Waals surface area contributed by atoms with Crippen molar-refractivity contribution in [2.24, 2.45) is 5.92 Å². The Bertz CT molecular complexity index is 1030. The number of benzene rings is 2. The molecule has 1 aliphatic heterocycles. The van der Waals surface area contributed by atoms with E-state index in [-0.39, 0.29) is 17.7 Å². The van der Waals surface area contributed by atoms with E-state index >= 15 is 0 Å². The molecule has 0 fully saturated rings. The summed E-state index contributed by atoms with van der Waals surface area (Å²) in [6.07, 6.45) is 2.46. The van der Waals surface area contributed by atoms with Gasteiger partial charge in [-0.1, -0.05) is 62.4 Å². The number of ether oxygens (including phenoxy) is 1. The molecule has 8 nitrogen and oxygen atoms in total. The molecule has 0 spiro atoms. The third-order valence-corrected chi connectivity index (χ3v) is 6.34. The maximum Gasteiger partial charge on any atom is 0.242 e. The highest BCUT2D eigenvalue weighted by Gasteiger charge is 2.27. The molecule has 1 heterocycles. The smallest absolute Gasteiger partial charge is 0.242 e. The Labute approximate surface area is 219 Å². The largest absolute Gasteiger partial charge is 0.492 e. The first-order chi connectivity index (χ1) is 17.8. The number of hydrogen-bond acceptors (Lipinski definition) is 5. The van der Waals surface area contributed by atoms with Crippen LogP contribution in [0.5, 0.6) is 5.75 Å². The summed E-state index contributed by atoms with van der Waals surface area (Å²) < 4.78 is 6.02. The number of carbonyl (C=O) groups excluding carboxylic acids is 3. The Morgan fingerprint density at radius 3 is 2.35 bits per heavy atom. The molecule has 0 radical (unpaired) electrons. The van der Waals surface area contributed by atoms with E-state index in [9.17, 15) is 14.4 Å². The van der Waals surface area contributed by atoms with Gasteiger partial charge in [-0.2, -0.15) is 0 Å². The standard InChI is InChI=1S/C29H40N4O4/c1-20(2)18-24-29(36)32-21(3)27(34)33-25(19-22-10-5-4-6-11-22)28(35)31-15-9-13-23-12-7-8-14-26(23)37-17-16-30-24/h4-8,10-12,14,20-21,24-25,30H,9,13,15-19H2,1-3H3,(H,31,35)(H,32,36)(H,33,34)/t21-,24+,25+/m1/s1. The van der Waals surface area contributed by atoms with Crippen LogP contribution >= 0.6 is 0 Å². The van der Waals surface area contributed by atoms with Crippen LogP contribution in [0.3, 0.4) is 0 Å². The van der Waals surface area contributed by atoms with E-state index < -0.39 is 24.0 Å². The first-order valence-electron chi connectivity index (χ1n) is 13.2. The van der Waals surface area contributed by atoms with E-state index in [0.717, 1.165) is 29.7 Å². The summed E-state index contributed by atoms with van der Waals surface area (Å²) in [5.41, 5.74) is 2.01. The Kier molecular flexibility index (Phi) is 11.0. The third-order valence-electron chi connectivity index (χ3n) is 6.34. The molecular formula is C29H40N4O4. The molecule has 0 saturated heterocycles. The van der Waals surface area contributed by atoms with Crippen LogP contribution in [-0.4, -0.2) is 55.5 Å². The molecule has 3 rings (SSSR count). The molecule has 8 heteroatoms. The number of nitrogens with one attached hydrogen (secondary N) is 4. The van der Waals surface area contributed by atoms with Gasteiger partial charge in [-0.15, -0.1) is 0 Å². The fourth-order valence-electron chi connectivity index (χ4n) is 4.35. The number of rotatable bonds is 4. The second kappa shape index (κ2) is 14.4. The Morgan fingerprint density at radius 1 is 0.865 bits per heavy atom. The number of para-hydroxylation sites is 1. The predicted octanol–water partition coefficient (Wildman–Crippen LogP) is 2.36. The van der Waals surface area contributed by atoms with Gasteiger partial charge in [0.2, 0.25) is 17.7 Å². The fraction of sp³-hybridized carbons (Fsp3) is 0.483. The molecule has 0 unspecified atom stereocenters. The quantitative estimate of drug-likeness (QED) is 0.507. The minimum Gasteiger partial charge on any atom is -0.492 e. The number of fused-ring (bicyclic) bond motifs is 1. The second-order valence-electron chi connectivity index (χ2n) is 9.97. The number of aryl methyl sites for hydroxylation is 1. The van der Waals surface area contributed by atoms with Crippen LogP contribution in [0.1, 0.15) is 44.7 Å². The molecule has 3 atom stereocenters. The molecule has 0 bridgehead atoms. The van der Waals surface area contributed by atoms with Gasteiger partial charge < -0.3 is 26.0 Å². The second-order valence-corrected chi connectivity index (χ2v) is 9.97. The maximum absolute atomic E-state index is 13.1. The highest BCUT2D eigenvalue weighted by atomic mass is 16.5. The average Bonchev–Trinajstić information content (AvgIpc) is 2.88. The summed E-state index contributed by atoms with van der Waals surface area (Å²) >= 11 is 0. The van der Waals surface area contributed by atoms with Crippen LogP contribution in [0.2, 0.25) is 0 Å². The Morgan fingerprint density at radius 2 is 1.59 bits per heavy atom. The van der Waals surface area contributed by atoms with Crippen molar-refractivity contribution in [3.8, 4) is 5.75 Å². The summed E-state index contributed by atoms with van der Waals surface area (Å²) in [6, 6.07) is 15.4. The lowest BCUT2D eigenvalue weighted by atomic mass is 10.0. The highest BCUT2D eigenvalue weighted by molar-refractivity contribution is 5.93. The number of amides is 3. The van der Waals surface area contributed by atoms with Gasteiger partial charge >= 0.3 is 0 Å². The van der Waals surface area contributed by atoms with Crippen molar-refractivity contribution in [1.29, 1.82) is 0 Å². The molecule has 200 valence electrons. The van der Waals surface area contributed by atoms with Crippen molar-refractivity contribution < 1.29 is 19.1 Å². The van der Waals surface area contributed by atoms with E-state index in [0.29, 0.717) is 32.5 Å². The zero-order valence-corrected chi connectivity index (χ0v) is 22.1. The predicted molar refractivity (Wildman–Crippen MR) is 144 cm³/mol. The van der Waals surface area contributed by atoms with Crippen molar-refractivity contribution >= 4 is 17.7 Å². The first kappa shape index (κ1) is 28.2. The molecule has 2 aromatic carbocycles.